The number of fused-ring (bicyclic) bond motifs is 11. The van der Waals surface area contributed by atoms with Gasteiger partial charge in [-0.1, -0.05) is 121 Å². The van der Waals surface area contributed by atoms with Gasteiger partial charge in [0.2, 0.25) is 0 Å². The van der Waals surface area contributed by atoms with Crippen molar-refractivity contribution in [1.29, 1.82) is 0 Å². The van der Waals surface area contributed by atoms with Crippen LogP contribution in [0.3, 0.4) is 0 Å². The highest BCUT2D eigenvalue weighted by molar-refractivity contribution is 7.27. The fraction of sp³-hybridized carbons (Fsp3) is 0. The first kappa shape index (κ1) is 29.1. The lowest BCUT2D eigenvalue weighted by Crippen LogP contribution is -1.99. The minimum absolute atomic E-state index is 0.666. The van der Waals surface area contributed by atoms with Crippen molar-refractivity contribution in [3.05, 3.63) is 170 Å². The van der Waals surface area contributed by atoms with Gasteiger partial charge >= 0.3 is 0 Å². The molecule has 0 atom stereocenters. The molecule has 0 aliphatic heterocycles. The van der Waals surface area contributed by atoms with Gasteiger partial charge in [0.05, 0.1) is 16.6 Å². The molecule has 11 rings (SSSR count). The lowest BCUT2D eigenvalue weighted by Gasteiger charge is -2.13. The van der Waals surface area contributed by atoms with Gasteiger partial charge in [0.1, 0.15) is 11.2 Å². The minimum atomic E-state index is 0.666. The number of para-hydroxylation sites is 1. The molecule has 0 spiro atoms. The average molecular weight is 681 g/mol. The third-order valence-corrected chi connectivity index (χ3v) is 11.4. The monoisotopic (exact) mass is 680 g/mol. The van der Waals surface area contributed by atoms with Crippen LogP contribution in [0.2, 0.25) is 0 Å². The van der Waals surface area contributed by atoms with Gasteiger partial charge in [-0.05, 0) is 53.6 Å². The number of pyridine rings is 1. The zero-order valence-corrected chi connectivity index (χ0v) is 28.7. The van der Waals surface area contributed by atoms with Crippen molar-refractivity contribution < 1.29 is 0 Å². The van der Waals surface area contributed by atoms with E-state index in [0.717, 1.165) is 44.7 Å². The van der Waals surface area contributed by atoms with Crippen LogP contribution in [0.5, 0.6) is 0 Å². The summed E-state index contributed by atoms with van der Waals surface area (Å²) >= 11 is 1.89. The molecule has 11 aromatic rings. The Labute approximate surface area is 302 Å². The second-order valence-corrected chi connectivity index (χ2v) is 14.2. The van der Waals surface area contributed by atoms with E-state index in [1.807, 2.05) is 35.7 Å². The first-order valence-corrected chi connectivity index (χ1v) is 18.3. The summed E-state index contributed by atoms with van der Waals surface area (Å²) in [5.41, 5.74) is 10.1. The number of thiophene rings is 1. The van der Waals surface area contributed by atoms with Crippen LogP contribution in [0.4, 0.5) is 0 Å². The summed E-state index contributed by atoms with van der Waals surface area (Å²) in [6.45, 7) is 0. The SMILES string of the molecule is c1ccc(-c2cccc(-c3nc(-c4cccc(-n5c6ccccc6c6c7c8ccccc8sc7c7ccccc7c65)c4)nc4cccnc34)c2)cc1. The van der Waals surface area contributed by atoms with Crippen LogP contribution in [-0.2, 0) is 0 Å². The van der Waals surface area contributed by atoms with Crippen molar-refractivity contribution in [2.24, 2.45) is 0 Å². The molecule has 0 aliphatic carbocycles. The van der Waals surface area contributed by atoms with E-state index in [-0.39, 0.29) is 0 Å². The molecule has 4 aromatic heterocycles. The molecule has 0 saturated heterocycles. The van der Waals surface area contributed by atoms with Crippen LogP contribution >= 0.6 is 11.3 Å². The molecule has 5 heteroatoms. The maximum Gasteiger partial charge on any atom is 0.160 e. The molecule has 0 N–H and O–H groups in total. The fourth-order valence-corrected chi connectivity index (χ4v) is 9.19. The van der Waals surface area contributed by atoms with Crippen LogP contribution in [0.15, 0.2) is 170 Å². The summed E-state index contributed by atoms with van der Waals surface area (Å²) in [7, 11) is 0. The lowest BCUT2D eigenvalue weighted by molar-refractivity contribution is 1.17. The number of aromatic nitrogens is 4. The van der Waals surface area contributed by atoms with Crippen LogP contribution in [0.25, 0.3) is 103 Å². The summed E-state index contributed by atoms with van der Waals surface area (Å²) in [5, 5.41) is 7.69. The highest BCUT2D eigenvalue weighted by Crippen LogP contribution is 2.48. The quantitative estimate of drug-likeness (QED) is 0.186. The Balaban J connectivity index is 1.17. The highest BCUT2D eigenvalue weighted by Gasteiger charge is 2.22. The van der Waals surface area contributed by atoms with Crippen LogP contribution in [0, 0.1) is 0 Å². The number of rotatable bonds is 4. The molecule has 0 aliphatic rings. The minimum Gasteiger partial charge on any atom is -0.309 e. The van der Waals surface area contributed by atoms with Crippen LogP contribution < -0.4 is 0 Å². The van der Waals surface area contributed by atoms with Gasteiger partial charge < -0.3 is 4.57 Å². The first-order valence-electron chi connectivity index (χ1n) is 17.4. The zero-order chi connectivity index (χ0) is 34.2. The predicted molar refractivity (Wildman–Crippen MR) is 218 cm³/mol. The van der Waals surface area contributed by atoms with E-state index >= 15 is 0 Å². The Kier molecular flexibility index (Phi) is 6.39. The molecule has 242 valence electrons. The Morgan fingerprint density at radius 1 is 0.481 bits per heavy atom. The van der Waals surface area contributed by atoms with Gasteiger partial charge in [0.25, 0.3) is 0 Å². The molecule has 0 radical (unpaired) electrons. The van der Waals surface area contributed by atoms with Crippen LogP contribution in [0.1, 0.15) is 0 Å². The van der Waals surface area contributed by atoms with E-state index in [4.69, 9.17) is 15.0 Å². The summed E-state index contributed by atoms with van der Waals surface area (Å²) < 4.78 is 5.08. The van der Waals surface area contributed by atoms with E-state index in [2.05, 4.69) is 150 Å². The highest BCUT2D eigenvalue weighted by atomic mass is 32.1. The van der Waals surface area contributed by atoms with E-state index in [9.17, 15) is 0 Å². The predicted octanol–water partition coefficient (Wildman–Crippen LogP) is 12.6. The lowest BCUT2D eigenvalue weighted by atomic mass is 10.00. The second-order valence-electron chi connectivity index (χ2n) is 13.2. The maximum absolute atomic E-state index is 5.26. The van der Waals surface area contributed by atoms with Gasteiger partial charge in [-0.3, -0.25) is 4.98 Å². The summed E-state index contributed by atoms with van der Waals surface area (Å²) in [4.78, 5) is 15.1. The molecule has 7 aromatic carbocycles. The summed E-state index contributed by atoms with van der Waals surface area (Å²) in [5.74, 6) is 0.666. The Morgan fingerprint density at radius 2 is 1.19 bits per heavy atom. The summed E-state index contributed by atoms with van der Waals surface area (Å²) in [6.07, 6.45) is 1.82. The van der Waals surface area contributed by atoms with Gasteiger partial charge in [-0.25, -0.2) is 9.97 Å². The van der Waals surface area contributed by atoms with E-state index in [0.29, 0.717) is 5.82 Å². The number of hydrogen-bond acceptors (Lipinski definition) is 4. The van der Waals surface area contributed by atoms with Crippen molar-refractivity contribution in [1.82, 2.24) is 19.5 Å². The Morgan fingerprint density at radius 3 is 2.10 bits per heavy atom. The van der Waals surface area contributed by atoms with E-state index in [1.54, 1.807) is 0 Å². The zero-order valence-electron chi connectivity index (χ0n) is 27.9. The molecule has 4 nitrogen and oxygen atoms in total. The molecule has 4 heterocycles. The Hall–Kier alpha value is -6.69. The molecule has 0 saturated carbocycles. The number of nitrogens with zero attached hydrogens (tertiary/aromatic N) is 4. The first-order chi connectivity index (χ1) is 25.8. The molecule has 52 heavy (non-hydrogen) atoms. The van der Waals surface area contributed by atoms with Gasteiger partial charge in [-0.15, -0.1) is 11.3 Å². The van der Waals surface area contributed by atoms with Gasteiger partial charge in [0, 0.05) is 64.7 Å². The molecule has 0 unspecified atom stereocenters. The third-order valence-electron chi connectivity index (χ3n) is 10.2. The molecule has 0 fully saturated rings. The molecular formula is C47H28N4S. The second kappa shape index (κ2) is 11.4. The number of hydrogen-bond donors (Lipinski definition) is 0. The molecular weight excluding hydrogens is 653 g/mol. The topological polar surface area (TPSA) is 43.6 Å². The summed E-state index contributed by atoms with van der Waals surface area (Å²) in [6, 6.07) is 58.1. The van der Waals surface area contributed by atoms with E-state index in [1.165, 1.54) is 52.8 Å². The van der Waals surface area contributed by atoms with Crippen molar-refractivity contribution in [3.63, 3.8) is 0 Å². The smallest absolute Gasteiger partial charge is 0.160 e. The number of benzene rings is 7. The Bertz CT molecular complexity index is 3190. The van der Waals surface area contributed by atoms with Gasteiger partial charge in [0.15, 0.2) is 5.82 Å². The fourth-order valence-electron chi connectivity index (χ4n) is 7.95. The third kappa shape index (κ3) is 4.36. The van der Waals surface area contributed by atoms with Crippen molar-refractivity contribution in [2.75, 3.05) is 0 Å². The normalized spacial score (nSPS) is 11.8. The van der Waals surface area contributed by atoms with Crippen molar-refractivity contribution >= 4 is 75.1 Å². The van der Waals surface area contributed by atoms with Crippen LogP contribution in [-0.4, -0.2) is 19.5 Å². The average Bonchev–Trinajstić information content (AvgIpc) is 3.78. The largest absolute Gasteiger partial charge is 0.309 e. The molecule has 0 bridgehead atoms. The van der Waals surface area contributed by atoms with Crippen molar-refractivity contribution in [2.45, 2.75) is 0 Å². The van der Waals surface area contributed by atoms with E-state index < -0.39 is 0 Å². The van der Waals surface area contributed by atoms with Crippen molar-refractivity contribution in [3.8, 4) is 39.5 Å². The standard InChI is InChI=1S/C47H28N4S/c1-2-13-29(14-3-1)30-15-10-16-31(27-30)43-44-38(23-12-26-48-44)49-47(50-43)32-17-11-18-33(28-32)51-39-24-8-6-21-36(39)41-42-37-22-7-9-25-40(37)52-46(42)35-20-5-4-19-34(35)45(41)51/h1-28H. The molecule has 0 amide bonds. The van der Waals surface area contributed by atoms with Gasteiger partial charge in [-0.2, -0.15) is 0 Å². The maximum atomic E-state index is 5.26.